The van der Waals surface area contributed by atoms with Crippen molar-refractivity contribution >= 4 is 32.9 Å². The summed E-state index contributed by atoms with van der Waals surface area (Å²) in [7, 11) is 0. The predicted molar refractivity (Wildman–Crippen MR) is 101 cm³/mol. The third kappa shape index (κ3) is 3.94. The molecule has 0 aliphatic heterocycles. The lowest BCUT2D eigenvalue weighted by Crippen LogP contribution is -2.08. The number of para-hydroxylation sites is 2. The summed E-state index contributed by atoms with van der Waals surface area (Å²) >= 11 is 3.47. The van der Waals surface area contributed by atoms with Crippen LogP contribution in [-0.4, -0.2) is 9.55 Å². The monoisotopic (exact) mass is 371 g/mol. The van der Waals surface area contributed by atoms with Gasteiger partial charge < -0.3 is 9.88 Å². The molecule has 120 valence electrons. The number of unbranched alkanes of at least 4 members (excludes halogenated alkanes) is 2. The number of aromatic nitrogens is 2. The summed E-state index contributed by atoms with van der Waals surface area (Å²) < 4.78 is 3.41. The zero-order valence-electron chi connectivity index (χ0n) is 13.4. The van der Waals surface area contributed by atoms with Gasteiger partial charge in [-0.15, -0.1) is 0 Å². The molecule has 0 aliphatic rings. The minimum Gasteiger partial charge on any atom is -0.352 e. The standard InChI is InChI=1S/C19H22BrN3/c1-2-3-6-13-23-18-8-5-4-7-17(18)22-19(23)21-14-15-9-11-16(20)12-10-15/h4-5,7-12H,2-3,6,13-14H2,1H3,(H,21,22). The van der Waals surface area contributed by atoms with E-state index in [1.165, 1.54) is 30.3 Å². The minimum atomic E-state index is 0.782. The van der Waals surface area contributed by atoms with Gasteiger partial charge in [-0.1, -0.05) is 60.0 Å². The molecule has 0 bridgehead atoms. The number of hydrogen-bond donors (Lipinski definition) is 1. The van der Waals surface area contributed by atoms with Crippen LogP contribution in [0, 0.1) is 0 Å². The maximum absolute atomic E-state index is 4.77. The van der Waals surface area contributed by atoms with E-state index in [0.29, 0.717) is 0 Å². The third-order valence-electron chi connectivity index (χ3n) is 4.00. The molecule has 1 aromatic heterocycles. The van der Waals surface area contributed by atoms with Crippen molar-refractivity contribution in [3.8, 4) is 0 Å². The molecule has 0 amide bonds. The van der Waals surface area contributed by atoms with Gasteiger partial charge in [0.1, 0.15) is 0 Å². The van der Waals surface area contributed by atoms with E-state index in [1.807, 2.05) is 6.07 Å². The van der Waals surface area contributed by atoms with Crippen LogP contribution in [0.3, 0.4) is 0 Å². The van der Waals surface area contributed by atoms with E-state index in [4.69, 9.17) is 4.98 Å². The molecule has 1 heterocycles. The van der Waals surface area contributed by atoms with Crippen molar-refractivity contribution in [3.05, 3.63) is 58.6 Å². The van der Waals surface area contributed by atoms with Gasteiger partial charge in [-0.25, -0.2) is 4.98 Å². The first kappa shape index (κ1) is 16.1. The number of rotatable bonds is 7. The van der Waals surface area contributed by atoms with Crippen LogP contribution in [-0.2, 0) is 13.1 Å². The molecule has 0 fully saturated rings. The SMILES string of the molecule is CCCCCn1c(NCc2ccc(Br)cc2)nc2ccccc21. The Morgan fingerprint density at radius 2 is 1.83 bits per heavy atom. The average molecular weight is 372 g/mol. The van der Waals surface area contributed by atoms with E-state index < -0.39 is 0 Å². The fraction of sp³-hybridized carbons (Fsp3) is 0.316. The lowest BCUT2D eigenvalue weighted by atomic mass is 10.2. The molecule has 1 N–H and O–H groups in total. The molecule has 0 saturated carbocycles. The number of anilines is 1. The van der Waals surface area contributed by atoms with Gasteiger partial charge >= 0.3 is 0 Å². The fourth-order valence-corrected chi connectivity index (χ4v) is 3.00. The number of halogens is 1. The van der Waals surface area contributed by atoms with Crippen LogP contribution in [0.2, 0.25) is 0 Å². The largest absolute Gasteiger partial charge is 0.352 e. The van der Waals surface area contributed by atoms with Gasteiger partial charge in [-0.05, 0) is 36.2 Å². The van der Waals surface area contributed by atoms with E-state index in [-0.39, 0.29) is 0 Å². The molecule has 0 spiro atoms. The number of aryl methyl sites for hydroxylation is 1. The molecule has 0 unspecified atom stereocenters. The smallest absolute Gasteiger partial charge is 0.204 e. The Morgan fingerprint density at radius 1 is 1.04 bits per heavy atom. The lowest BCUT2D eigenvalue weighted by molar-refractivity contribution is 0.616. The quantitative estimate of drug-likeness (QED) is 0.547. The lowest BCUT2D eigenvalue weighted by Gasteiger charge is -2.11. The third-order valence-corrected chi connectivity index (χ3v) is 4.53. The molecule has 4 heteroatoms. The maximum atomic E-state index is 4.77. The van der Waals surface area contributed by atoms with Crippen LogP contribution >= 0.6 is 15.9 Å². The van der Waals surface area contributed by atoms with E-state index in [9.17, 15) is 0 Å². The van der Waals surface area contributed by atoms with Crippen LogP contribution in [0.25, 0.3) is 11.0 Å². The molecule has 0 radical (unpaired) electrons. The maximum Gasteiger partial charge on any atom is 0.204 e. The molecule has 3 aromatic rings. The molecule has 23 heavy (non-hydrogen) atoms. The highest BCUT2D eigenvalue weighted by atomic mass is 79.9. The van der Waals surface area contributed by atoms with Crippen molar-refractivity contribution in [2.45, 2.75) is 39.3 Å². The van der Waals surface area contributed by atoms with Crippen LogP contribution < -0.4 is 5.32 Å². The average Bonchev–Trinajstić information content (AvgIpc) is 2.93. The second-order valence-corrected chi connectivity index (χ2v) is 6.68. The fourth-order valence-electron chi connectivity index (χ4n) is 2.74. The topological polar surface area (TPSA) is 29.9 Å². The second kappa shape index (κ2) is 7.64. The van der Waals surface area contributed by atoms with Gasteiger partial charge in [0.05, 0.1) is 11.0 Å². The zero-order valence-corrected chi connectivity index (χ0v) is 15.0. The number of nitrogens with zero attached hydrogens (tertiary/aromatic N) is 2. The van der Waals surface area contributed by atoms with Gasteiger partial charge in [0.25, 0.3) is 0 Å². The number of nitrogens with one attached hydrogen (secondary N) is 1. The van der Waals surface area contributed by atoms with Crippen molar-refractivity contribution in [1.82, 2.24) is 9.55 Å². The Morgan fingerprint density at radius 3 is 2.61 bits per heavy atom. The summed E-state index contributed by atoms with van der Waals surface area (Å²) in [5, 5.41) is 3.50. The Balaban J connectivity index is 1.80. The van der Waals surface area contributed by atoms with Crippen molar-refractivity contribution in [2.24, 2.45) is 0 Å². The van der Waals surface area contributed by atoms with Gasteiger partial charge in [0.15, 0.2) is 0 Å². The summed E-state index contributed by atoms with van der Waals surface area (Å²) in [6.45, 7) is 4.03. The molecule has 3 nitrogen and oxygen atoms in total. The predicted octanol–water partition coefficient (Wildman–Crippen LogP) is 5.60. The highest BCUT2D eigenvalue weighted by Gasteiger charge is 2.09. The van der Waals surface area contributed by atoms with Gasteiger partial charge in [0, 0.05) is 17.6 Å². The number of hydrogen-bond acceptors (Lipinski definition) is 2. The summed E-state index contributed by atoms with van der Waals surface area (Å²) in [6, 6.07) is 16.8. The van der Waals surface area contributed by atoms with Crippen LogP contribution in [0.4, 0.5) is 5.95 Å². The highest BCUT2D eigenvalue weighted by Crippen LogP contribution is 2.21. The number of benzene rings is 2. The molecular weight excluding hydrogens is 350 g/mol. The summed E-state index contributed by atoms with van der Waals surface area (Å²) in [6.07, 6.45) is 3.66. The van der Waals surface area contributed by atoms with E-state index >= 15 is 0 Å². The molecule has 2 aromatic carbocycles. The summed E-state index contributed by atoms with van der Waals surface area (Å²) in [5.41, 5.74) is 3.52. The Labute approximate surface area is 145 Å². The minimum absolute atomic E-state index is 0.782. The van der Waals surface area contributed by atoms with E-state index in [2.05, 4.69) is 75.2 Å². The van der Waals surface area contributed by atoms with Crippen molar-refractivity contribution in [1.29, 1.82) is 0 Å². The molecule has 3 rings (SSSR count). The van der Waals surface area contributed by atoms with E-state index in [0.717, 1.165) is 29.0 Å². The Hall–Kier alpha value is -1.81. The van der Waals surface area contributed by atoms with Crippen molar-refractivity contribution in [3.63, 3.8) is 0 Å². The van der Waals surface area contributed by atoms with Gasteiger partial charge in [-0.3, -0.25) is 0 Å². The summed E-state index contributed by atoms with van der Waals surface area (Å²) in [4.78, 5) is 4.77. The first-order valence-corrected chi connectivity index (χ1v) is 9.01. The molecular formula is C19H22BrN3. The Bertz CT molecular complexity index is 762. The summed E-state index contributed by atoms with van der Waals surface area (Å²) in [5.74, 6) is 0.963. The van der Waals surface area contributed by atoms with Crippen LogP contribution in [0.15, 0.2) is 53.0 Å². The number of imidazole rings is 1. The highest BCUT2D eigenvalue weighted by molar-refractivity contribution is 9.10. The van der Waals surface area contributed by atoms with Gasteiger partial charge in [-0.2, -0.15) is 0 Å². The van der Waals surface area contributed by atoms with Gasteiger partial charge in [0.2, 0.25) is 5.95 Å². The Kier molecular flexibility index (Phi) is 5.34. The van der Waals surface area contributed by atoms with Crippen LogP contribution in [0.1, 0.15) is 31.7 Å². The van der Waals surface area contributed by atoms with Crippen molar-refractivity contribution < 1.29 is 0 Å². The van der Waals surface area contributed by atoms with E-state index in [1.54, 1.807) is 0 Å². The molecule has 0 atom stereocenters. The molecule has 0 aliphatic carbocycles. The first-order chi connectivity index (χ1) is 11.3. The van der Waals surface area contributed by atoms with Crippen LogP contribution in [0.5, 0.6) is 0 Å². The second-order valence-electron chi connectivity index (χ2n) is 5.76. The molecule has 0 saturated heterocycles. The normalized spacial score (nSPS) is 11.0. The number of fused-ring (bicyclic) bond motifs is 1. The zero-order chi connectivity index (χ0) is 16.1. The van der Waals surface area contributed by atoms with Crippen molar-refractivity contribution in [2.75, 3.05) is 5.32 Å². The first-order valence-electron chi connectivity index (χ1n) is 8.21.